The monoisotopic (exact) mass is 507 g/mol. The molecule has 4 aromatic rings. The first kappa shape index (κ1) is 26.2. The van der Waals surface area contributed by atoms with Gasteiger partial charge in [0.2, 0.25) is 5.89 Å². The number of halogens is 1. The number of para-hydroxylation sites is 2. The number of fused-ring (bicyclic) bond motifs is 1. The number of H-pyrrole nitrogens is 1. The van der Waals surface area contributed by atoms with Crippen LogP contribution in [0.25, 0.3) is 11.0 Å². The number of aromatic amines is 1. The molecule has 0 aliphatic carbocycles. The lowest BCUT2D eigenvalue weighted by atomic mass is 9.88. The number of carbonyl (C=O) groups excluding carboxylic acids is 1. The quantitative estimate of drug-likeness (QED) is 0.282. The lowest BCUT2D eigenvalue weighted by molar-refractivity contribution is 0.0768. The molecule has 2 aromatic heterocycles. The second-order valence-electron chi connectivity index (χ2n) is 9.72. The molecule has 0 fully saturated rings. The van der Waals surface area contributed by atoms with Crippen LogP contribution in [-0.4, -0.2) is 49.0 Å². The summed E-state index contributed by atoms with van der Waals surface area (Å²) in [6.07, 6.45) is 1.21. The second-order valence-corrected chi connectivity index (χ2v) is 9.72. The largest absolute Gasteiger partial charge is 0.434 e. The van der Waals surface area contributed by atoms with E-state index in [1.54, 1.807) is 12.1 Å². The summed E-state index contributed by atoms with van der Waals surface area (Å²) in [6.45, 7) is 2.93. The second kappa shape index (κ2) is 11.4. The number of aromatic nitrogens is 4. The number of nitrogens with zero attached hydrogens (tertiary/aromatic N) is 3. The van der Waals surface area contributed by atoms with Crippen LogP contribution in [0.4, 0.5) is 4.39 Å². The van der Waals surface area contributed by atoms with Gasteiger partial charge < -0.3 is 14.8 Å². The van der Waals surface area contributed by atoms with Crippen LogP contribution < -0.4 is 11.1 Å². The van der Waals surface area contributed by atoms with Gasteiger partial charge in [-0.1, -0.05) is 42.5 Å². The Morgan fingerprint density at radius 3 is 2.51 bits per heavy atom. The van der Waals surface area contributed by atoms with Gasteiger partial charge in [0.25, 0.3) is 5.91 Å². The predicted octanol–water partition coefficient (Wildman–Crippen LogP) is 3.71. The number of aliphatic hydroxyl groups excluding tert-OH is 1. The minimum absolute atomic E-state index is 0.0883. The molecule has 3 atom stereocenters. The van der Waals surface area contributed by atoms with Crippen molar-refractivity contribution < 1.29 is 18.7 Å². The SMILES string of the molecule is CC(C)(F)CCC(CC(O)C(Cc1ccccc1)NC(=O)c1cnc2ccccc2n1)c1n[nH]c(=O)o1. The Morgan fingerprint density at radius 2 is 1.84 bits per heavy atom. The summed E-state index contributed by atoms with van der Waals surface area (Å²) in [5.74, 6) is -1.65. The third-order valence-corrected chi connectivity index (χ3v) is 6.18. The molecule has 0 saturated heterocycles. The summed E-state index contributed by atoms with van der Waals surface area (Å²) in [4.78, 5) is 33.4. The first-order valence-electron chi connectivity index (χ1n) is 12.2. The Labute approximate surface area is 213 Å². The molecule has 9 nitrogen and oxygen atoms in total. The van der Waals surface area contributed by atoms with E-state index in [0.29, 0.717) is 17.5 Å². The zero-order chi connectivity index (χ0) is 26.4. The van der Waals surface area contributed by atoms with Gasteiger partial charge >= 0.3 is 5.76 Å². The lowest BCUT2D eigenvalue weighted by Crippen LogP contribution is -2.45. The Balaban J connectivity index is 1.56. The van der Waals surface area contributed by atoms with Crippen LogP contribution in [0.3, 0.4) is 0 Å². The number of alkyl halides is 1. The summed E-state index contributed by atoms with van der Waals surface area (Å²) in [5.41, 5.74) is 0.825. The summed E-state index contributed by atoms with van der Waals surface area (Å²) in [5, 5.41) is 20.3. The van der Waals surface area contributed by atoms with Gasteiger partial charge in [-0.05, 0) is 57.2 Å². The maximum Gasteiger partial charge on any atom is 0.434 e. The number of carbonyl (C=O) groups is 1. The summed E-state index contributed by atoms with van der Waals surface area (Å²) in [6, 6.07) is 15.9. The highest BCUT2D eigenvalue weighted by Crippen LogP contribution is 2.30. The summed E-state index contributed by atoms with van der Waals surface area (Å²) in [7, 11) is 0. The Morgan fingerprint density at radius 1 is 1.14 bits per heavy atom. The first-order chi connectivity index (χ1) is 17.7. The molecular weight excluding hydrogens is 477 g/mol. The molecule has 4 rings (SSSR count). The van der Waals surface area contributed by atoms with Gasteiger partial charge in [-0.3, -0.25) is 9.78 Å². The number of nitrogens with one attached hydrogen (secondary N) is 2. The van der Waals surface area contributed by atoms with E-state index in [4.69, 9.17) is 4.42 Å². The fourth-order valence-corrected chi connectivity index (χ4v) is 4.19. The standard InChI is InChI=1S/C27H30FN5O4/c1-27(2,28)13-12-18(25-32-33-26(36)37-25)15-23(34)21(14-17-8-4-3-5-9-17)31-24(35)22-16-29-19-10-6-7-11-20(19)30-22/h3-11,16,18,21,23,34H,12-15H2,1-2H3,(H,31,35)(H,33,36). The number of hydrogen-bond donors (Lipinski definition) is 3. The number of amides is 1. The molecule has 0 aliphatic rings. The number of hydrogen-bond acceptors (Lipinski definition) is 7. The normalized spacial score (nSPS) is 14.3. The minimum Gasteiger partial charge on any atom is -0.392 e. The zero-order valence-electron chi connectivity index (χ0n) is 20.7. The van der Waals surface area contributed by atoms with E-state index in [-0.39, 0.29) is 30.8 Å². The van der Waals surface area contributed by atoms with E-state index < -0.39 is 35.4 Å². The predicted molar refractivity (Wildman–Crippen MR) is 136 cm³/mol. The third kappa shape index (κ3) is 7.29. The van der Waals surface area contributed by atoms with E-state index in [2.05, 4.69) is 25.5 Å². The molecule has 0 bridgehead atoms. The van der Waals surface area contributed by atoms with Gasteiger partial charge in [0.15, 0.2) is 0 Å². The van der Waals surface area contributed by atoms with Crippen LogP contribution in [0.1, 0.15) is 61.0 Å². The van der Waals surface area contributed by atoms with Gasteiger partial charge in [-0.25, -0.2) is 19.3 Å². The minimum atomic E-state index is -1.45. The molecule has 0 spiro atoms. The molecule has 2 heterocycles. The summed E-state index contributed by atoms with van der Waals surface area (Å²) < 4.78 is 19.4. The van der Waals surface area contributed by atoms with E-state index in [9.17, 15) is 19.1 Å². The maximum atomic E-state index is 14.3. The molecule has 3 unspecified atom stereocenters. The van der Waals surface area contributed by atoms with Crippen LogP contribution in [0.2, 0.25) is 0 Å². The van der Waals surface area contributed by atoms with Gasteiger partial charge in [-0.2, -0.15) is 0 Å². The van der Waals surface area contributed by atoms with Crippen molar-refractivity contribution in [2.24, 2.45) is 0 Å². The number of benzene rings is 2. The van der Waals surface area contributed by atoms with Crippen molar-refractivity contribution in [2.45, 2.75) is 63.3 Å². The van der Waals surface area contributed by atoms with Crippen molar-refractivity contribution in [1.82, 2.24) is 25.5 Å². The molecule has 10 heteroatoms. The average molecular weight is 508 g/mol. The van der Waals surface area contributed by atoms with Crippen LogP contribution in [0.5, 0.6) is 0 Å². The van der Waals surface area contributed by atoms with E-state index >= 15 is 0 Å². The molecule has 1 amide bonds. The molecular formula is C27H30FN5O4. The van der Waals surface area contributed by atoms with Crippen molar-refractivity contribution in [3.63, 3.8) is 0 Å². The highest BCUT2D eigenvalue weighted by Gasteiger charge is 2.30. The van der Waals surface area contributed by atoms with Crippen LogP contribution >= 0.6 is 0 Å². The van der Waals surface area contributed by atoms with E-state index in [1.165, 1.54) is 20.0 Å². The Bertz CT molecular complexity index is 1380. The molecule has 3 N–H and O–H groups in total. The highest BCUT2D eigenvalue weighted by atomic mass is 19.1. The van der Waals surface area contributed by atoms with E-state index in [0.717, 1.165) is 5.56 Å². The average Bonchev–Trinajstić information content (AvgIpc) is 3.31. The van der Waals surface area contributed by atoms with E-state index in [1.807, 2.05) is 42.5 Å². The molecule has 2 aromatic carbocycles. The van der Waals surface area contributed by atoms with Crippen molar-refractivity contribution in [1.29, 1.82) is 0 Å². The van der Waals surface area contributed by atoms with Gasteiger partial charge in [0.1, 0.15) is 11.4 Å². The highest BCUT2D eigenvalue weighted by molar-refractivity contribution is 5.94. The van der Waals surface area contributed by atoms with Gasteiger partial charge in [0, 0.05) is 5.92 Å². The fourth-order valence-electron chi connectivity index (χ4n) is 4.19. The van der Waals surface area contributed by atoms with Gasteiger partial charge in [-0.15, -0.1) is 5.10 Å². The molecule has 0 saturated carbocycles. The number of aliphatic hydroxyl groups is 1. The van der Waals surface area contributed by atoms with Crippen molar-refractivity contribution in [3.8, 4) is 0 Å². The molecule has 0 radical (unpaired) electrons. The van der Waals surface area contributed by atoms with Crippen molar-refractivity contribution in [3.05, 3.63) is 88.5 Å². The van der Waals surface area contributed by atoms with Crippen LogP contribution in [0.15, 0.2) is 70.0 Å². The maximum absolute atomic E-state index is 14.3. The molecule has 0 aliphatic heterocycles. The smallest absolute Gasteiger partial charge is 0.392 e. The van der Waals surface area contributed by atoms with Gasteiger partial charge in [0.05, 0.1) is 29.4 Å². The molecule has 194 valence electrons. The number of rotatable bonds is 11. The first-order valence-corrected chi connectivity index (χ1v) is 12.2. The van der Waals surface area contributed by atoms with Crippen molar-refractivity contribution in [2.75, 3.05) is 0 Å². The Kier molecular flexibility index (Phi) is 8.08. The third-order valence-electron chi connectivity index (χ3n) is 6.18. The van der Waals surface area contributed by atoms with Crippen molar-refractivity contribution >= 4 is 16.9 Å². The fraction of sp³-hybridized carbons (Fsp3) is 0.370. The Hall–Kier alpha value is -3.92. The molecule has 37 heavy (non-hydrogen) atoms. The zero-order valence-corrected chi connectivity index (χ0v) is 20.7. The van der Waals surface area contributed by atoms with Crippen LogP contribution in [-0.2, 0) is 6.42 Å². The lowest BCUT2D eigenvalue weighted by Gasteiger charge is -2.27. The topological polar surface area (TPSA) is 134 Å². The summed E-state index contributed by atoms with van der Waals surface area (Å²) >= 11 is 0. The van der Waals surface area contributed by atoms with Crippen LogP contribution in [0, 0.1) is 0 Å².